The van der Waals surface area contributed by atoms with Crippen molar-refractivity contribution in [2.45, 2.75) is 33.6 Å². The zero-order valence-corrected chi connectivity index (χ0v) is 15.8. The van der Waals surface area contributed by atoms with Crippen LogP contribution in [0.3, 0.4) is 0 Å². The maximum absolute atomic E-state index is 12.9. The van der Waals surface area contributed by atoms with Crippen LogP contribution in [0, 0.1) is 23.7 Å². The minimum atomic E-state index is -0.479. The second-order valence-electron chi connectivity index (χ2n) is 7.71. The number of benzene rings is 1. The van der Waals surface area contributed by atoms with Crippen LogP contribution in [0.5, 0.6) is 5.75 Å². The quantitative estimate of drug-likeness (QED) is 0.655. The zero-order valence-electron chi connectivity index (χ0n) is 15.8. The summed E-state index contributed by atoms with van der Waals surface area (Å²) in [6.45, 7) is 6.47. The van der Waals surface area contributed by atoms with E-state index in [0.717, 1.165) is 17.9 Å². The van der Waals surface area contributed by atoms with Crippen LogP contribution >= 0.6 is 0 Å². The van der Waals surface area contributed by atoms with Gasteiger partial charge in [0, 0.05) is 5.56 Å². The molecule has 2 aliphatic carbocycles. The number of nitrogens with zero attached hydrogens (tertiary/aromatic N) is 1. The first-order chi connectivity index (χ1) is 12.9. The van der Waals surface area contributed by atoms with Crippen molar-refractivity contribution in [1.29, 1.82) is 0 Å². The third kappa shape index (κ3) is 2.66. The highest BCUT2D eigenvalue weighted by Gasteiger charge is 2.63. The molecule has 0 aromatic heterocycles. The molecule has 1 heterocycles. The van der Waals surface area contributed by atoms with Gasteiger partial charge in [-0.05, 0) is 63.6 Å². The largest absolute Gasteiger partial charge is 0.494 e. The third-order valence-electron chi connectivity index (χ3n) is 6.05. The Morgan fingerprint density at radius 3 is 2.33 bits per heavy atom. The number of hydrazine groups is 1. The summed E-state index contributed by atoms with van der Waals surface area (Å²) in [6.07, 6.45) is 1.90. The number of fused-ring (bicyclic) bond motifs is 5. The normalized spacial score (nSPS) is 28.6. The number of nitrogens with one attached hydrogen (secondary N) is 1. The molecule has 2 saturated carbocycles. The summed E-state index contributed by atoms with van der Waals surface area (Å²) in [5.41, 5.74) is 5.40. The number of rotatable bonds is 4. The summed E-state index contributed by atoms with van der Waals surface area (Å²) in [7, 11) is 0. The van der Waals surface area contributed by atoms with E-state index in [1.54, 1.807) is 24.3 Å². The van der Waals surface area contributed by atoms with Gasteiger partial charge in [-0.25, -0.2) is 0 Å². The molecule has 1 N–H and O–H groups in total. The van der Waals surface area contributed by atoms with Gasteiger partial charge in [0.1, 0.15) is 5.75 Å². The van der Waals surface area contributed by atoms with E-state index < -0.39 is 5.91 Å². The van der Waals surface area contributed by atoms with E-state index in [9.17, 15) is 14.4 Å². The highest BCUT2D eigenvalue weighted by Crippen LogP contribution is 2.59. The molecule has 4 atom stereocenters. The van der Waals surface area contributed by atoms with Crippen molar-refractivity contribution in [1.82, 2.24) is 10.4 Å². The van der Waals surface area contributed by atoms with Crippen molar-refractivity contribution in [3.05, 3.63) is 41.0 Å². The van der Waals surface area contributed by atoms with E-state index >= 15 is 0 Å². The molecule has 6 heteroatoms. The van der Waals surface area contributed by atoms with Crippen molar-refractivity contribution in [2.24, 2.45) is 23.7 Å². The maximum Gasteiger partial charge on any atom is 0.270 e. The molecule has 3 fully saturated rings. The molecule has 1 aromatic carbocycles. The molecule has 27 heavy (non-hydrogen) atoms. The van der Waals surface area contributed by atoms with Gasteiger partial charge in [0.25, 0.3) is 17.7 Å². The standard InChI is InChI=1S/C21H24N2O4/c1-4-27-13-7-5-6-12(10-13)19(24)22-23-20(25)17-14-8-9-15(16(14)11(2)3)18(17)21(23)26/h5-7,10,14-15,17-18H,4,8-9H2,1-3H3,(H,22,24). The van der Waals surface area contributed by atoms with Crippen LogP contribution in [0.1, 0.15) is 44.0 Å². The van der Waals surface area contributed by atoms with Gasteiger partial charge in [0.2, 0.25) is 0 Å². The molecule has 6 nitrogen and oxygen atoms in total. The molecular weight excluding hydrogens is 344 g/mol. The second kappa shape index (κ2) is 6.51. The van der Waals surface area contributed by atoms with Crippen LogP contribution in [0.15, 0.2) is 35.4 Å². The van der Waals surface area contributed by atoms with Crippen LogP contribution in [-0.2, 0) is 9.59 Å². The number of carbonyl (C=O) groups excluding carboxylic acids is 3. The van der Waals surface area contributed by atoms with Crippen LogP contribution < -0.4 is 10.2 Å². The average Bonchev–Trinajstić information content (AvgIpc) is 3.28. The Bertz CT molecular complexity index is 823. The molecule has 0 radical (unpaired) electrons. The first kappa shape index (κ1) is 17.8. The van der Waals surface area contributed by atoms with E-state index in [1.807, 2.05) is 6.92 Å². The van der Waals surface area contributed by atoms with Crippen LogP contribution in [0.4, 0.5) is 0 Å². The lowest BCUT2D eigenvalue weighted by atomic mass is 9.81. The van der Waals surface area contributed by atoms with Gasteiger partial charge in [-0.1, -0.05) is 17.2 Å². The summed E-state index contributed by atoms with van der Waals surface area (Å²) in [4.78, 5) is 38.5. The van der Waals surface area contributed by atoms with E-state index in [2.05, 4.69) is 19.3 Å². The van der Waals surface area contributed by atoms with E-state index in [4.69, 9.17) is 4.74 Å². The zero-order chi connectivity index (χ0) is 19.3. The molecular formula is C21H24N2O4. The Balaban J connectivity index is 1.55. The lowest BCUT2D eigenvalue weighted by molar-refractivity contribution is -0.143. The predicted octanol–water partition coefficient (Wildman–Crippen LogP) is 2.71. The van der Waals surface area contributed by atoms with Crippen molar-refractivity contribution in [3.8, 4) is 5.75 Å². The molecule has 2 bridgehead atoms. The van der Waals surface area contributed by atoms with Crippen LogP contribution in [-0.4, -0.2) is 29.3 Å². The first-order valence-electron chi connectivity index (χ1n) is 9.53. The summed E-state index contributed by atoms with van der Waals surface area (Å²) in [5, 5.41) is 0.956. The van der Waals surface area contributed by atoms with Gasteiger partial charge in [0.15, 0.2) is 0 Å². The number of hydrogen-bond donors (Lipinski definition) is 1. The summed E-state index contributed by atoms with van der Waals surface area (Å²) in [5.74, 6) is -0.808. The van der Waals surface area contributed by atoms with Gasteiger partial charge in [-0.2, -0.15) is 5.01 Å². The second-order valence-corrected chi connectivity index (χ2v) is 7.71. The van der Waals surface area contributed by atoms with E-state index in [1.165, 1.54) is 11.1 Å². The minimum absolute atomic E-state index is 0.143. The van der Waals surface area contributed by atoms with Crippen molar-refractivity contribution in [3.63, 3.8) is 0 Å². The van der Waals surface area contributed by atoms with Crippen molar-refractivity contribution < 1.29 is 19.1 Å². The Kier molecular flexibility index (Phi) is 4.29. The van der Waals surface area contributed by atoms with Gasteiger partial charge < -0.3 is 4.74 Å². The summed E-state index contributed by atoms with van der Waals surface area (Å²) >= 11 is 0. The highest BCUT2D eigenvalue weighted by molar-refractivity contribution is 6.09. The van der Waals surface area contributed by atoms with Gasteiger partial charge in [-0.15, -0.1) is 0 Å². The fourth-order valence-corrected chi connectivity index (χ4v) is 5.16. The molecule has 142 valence electrons. The monoisotopic (exact) mass is 368 g/mol. The van der Waals surface area contributed by atoms with Gasteiger partial charge in [-0.3, -0.25) is 19.8 Å². The third-order valence-corrected chi connectivity index (χ3v) is 6.05. The molecule has 3 aliphatic rings. The number of imide groups is 1. The fraction of sp³-hybridized carbons (Fsp3) is 0.476. The molecule has 1 aliphatic heterocycles. The maximum atomic E-state index is 12.9. The average molecular weight is 368 g/mol. The summed E-state index contributed by atoms with van der Waals surface area (Å²) < 4.78 is 5.41. The Hall–Kier alpha value is -2.63. The molecule has 4 rings (SSSR count). The van der Waals surface area contributed by atoms with Gasteiger partial charge >= 0.3 is 0 Å². The minimum Gasteiger partial charge on any atom is -0.494 e. The van der Waals surface area contributed by atoms with E-state index in [-0.39, 0.29) is 35.5 Å². The predicted molar refractivity (Wildman–Crippen MR) is 98.5 cm³/mol. The smallest absolute Gasteiger partial charge is 0.270 e. The number of allylic oxidation sites excluding steroid dienone is 2. The molecule has 4 unspecified atom stereocenters. The lowest BCUT2D eigenvalue weighted by Gasteiger charge is -2.19. The van der Waals surface area contributed by atoms with E-state index in [0.29, 0.717) is 17.9 Å². The number of carbonyl (C=O) groups is 3. The Morgan fingerprint density at radius 2 is 1.78 bits per heavy atom. The number of hydrogen-bond acceptors (Lipinski definition) is 4. The Labute approximate surface area is 158 Å². The van der Waals surface area contributed by atoms with Crippen LogP contribution in [0.25, 0.3) is 0 Å². The topological polar surface area (TPSA) is 75.7 Å². The van der Waals surface area contributed by atoms with Crippen LogP contribution in [0.2, 0.25) is 0 Å². The van der Waals surface area contributed by atoms with Crippen molar-refractivity contribution in [2.75, 3.05) is 6.61 Å². The fourth-order valence-electron chi connectivity index (χ4n) is 5.16. The number of amides is 3. The molecule has 1 aromatic rings. The molecule has 1 saturated heterocycles. The Morgan fingerprint density at radius 1 is 1.15 bits per heavy atom. The molecule has 3 amide bonds. The first-order valence-corrected chi connectivity index (χ1v) is 9.53. The highest BCUT2D eigenvalue weighted by atomic mass is 16.5. The molecule has 0 spiro atoms. The van der Waals surface area contributed by atoms with Gasteiger partial charge in [0.05, 0.1) is 18.4 Å². The number of ether oxygens (including phenoxy) is 1. The lowest BCUT2D eigenvalue weighted by Crippen LogP contribution is -2.47. The van der Waals surface area contributed by atoms with Crippen molar-refractivity contribution >= 4 is 17.7 Å². The summed E-state index contributed by atoms with van der Waals surface area (Å²) in [6, 6.07) is 6.71. The SMILES string of the molecule is CCOc1cccc(C(=O)NN2C(=O)C3C4CCC(C4=C(C)C)C3C2=O)c1.